The van der Waals surface area contributed by atoms with Crippen molar-refractivity contribution in [2.75, 3.05) is 26.2 Å². The number of carbonyl (C=O) groups excluding carboxylic acids is 1. The molecule has 4 nitrogen and oxygen atoms in total. The molecule has 0 aromatic heterocycles. The average Bonchev–Trinajstić information content (AvgIpc) is 2.46. The third kappa shape index (κ3) is 5.96. The zero-order chi connectivity index (χ0) is 16.8. The Labute approximate surface area is 140 Å². The van der Waals surface area contributed by atoms with Gasteiger partial charge in [0.05, 0.1) is 18.8 Å². The molecule has 2 rings (SSSR count). The lowest BCUT2D eigenvalue weighted by Crippen LogP contribution is -2.49. The van der Waals surface area contributed by atoms with Crippen molar-refractivity contribution in [2.45, 2.75) is 52.2 Å². The second kappa shape index (κ2) is 8.46. The van der Waals surface area contributed by atoms with Gasteiger partial charge in [-0.2, -0.15) is 0 Å². The minimum atomic E-state index is 0.102. The van der Waals surface area contributed by atoms with Crippen molar-refractivity contribution in [1.82, 2.24) is 10.2 Å². The molecular formula is C19H30N2O2. The number of nitrogens with one attached hydrogen (secondary N) is 1. The molecule has 1 N–H and O–H groups in total. The van der Waals surface area contributed by atoms with Crippen LogP contribution in [0.5, 0.6) is 0 Å². The van der Waals surface area contributed by atoms with Gasteiger partial charge in [0.1, 0.15) is 0 Å². The highest BCUT2D eigenvalue weighted by molar-refractivity contribution is 5.78. The maximum Gasteiger partial charge on any atom is 0.234 e. The van der Waals surface area contributed by atoms with Crippen molar-refractivity contribution < 1.29 is 9.53 Å². The van der Waals surface area contributed by atoms with Crippen molar-refractivity contribution in [3.63, 3.8) is 0 Å². The van der Waals surface area contributed by atoms with Crippen LogP contribution >= 0.6 is 0 Å². The van der Waals surface area contributed by atoms with Crippen LogP contribution in [0, 0.1) is 0 Å². The standard InChI is InChI=1S/C19H30N2O2/c1-14(2)18-7-5-17(6-8-18)9-10-20-19(22)13-21-11-15(3)23-16(4)12-21/h5-8,14-16H,9-13H2,1-4H3,(H,20,22). The maximum absolute atomic E-state index is 12.1. The highest BCUT2D eigenvalue weighted by Gasteiger charge is 2.23. The van der Waals surface area contributed by atoms with Crippen LogP contribution < -0.4 is 5.32 Å². The number of rotatable bonds is 6. The van der Waals surface area contributed by atoms with Gasteiger partial charge in [-0.25, -0.2) is 0 Å². The minimum absolute atomic E-state index is 0.102. The predicted octanol–water partition coefficient (Wildman–Crippen LogP) is 2.58. The summed E-state index contributed by atoms with van der Waals surface area (Å²) in [6.07, 6.45) is 1.28. The number of amides is 1. The Bertz CT molecular complexity index is 489. The first-order chi connectivity index (χ1) is 10.9. The zero-order valence-electron chi connectivity index (χ0n) is 14.8. The molecule has 23 heavy (non-hydrogen) atoms. The summed E-state index contributed by atoms with van der Waals surface area (Å²) >= 11 is 0. The van der Waals surface area contributed by atoms with Crippen LogP contribution in [-0.2, 0) is 16.0 Å². The molecular weight excluding hydrogens is 288 g/mol. The van der Waals surface area contributed by atoms with Gasteiger partial charge in [0.25, 0.3) is 0 Å². The molecule has 0 radical (unpaired) electrons. The van der Waals surface area contributed by atoms with Crippen LogP contribution in [0.2, 0.25) is 0 Å². The van der Waals surface area contributed by atoms with Crippen molar-refractivity contribution in [1.29, 1.82) is 0 Å². The monoisotopic (exact) mass is 318 g/mol. The van der Waals surface area contributed by atoms with E-state index in [9.17, 15) is 4.79 Å². The van der Waals surface area contributed by atoms with Gasteiger partial charge < -0.3 is 10.1 Å². The first-order valence-corrected chi connectivity index (χ1v) is 8.67. The van der Waals surface area contributed by atoms with Gasteiger partial charge >= 0.3 is 0 Å². The van der Waals surface area contributed by atoms with Crippen LogP contribution in [0.4, 0.5) is 0 Å². The van der Waals surface area contributed by atoms with E-state index in [1.165, 1.54) is 11.1 Å². The lowest BCUT2D eigenvalue weighted by Gasteiger charge is -2.34. The summed E-state index contributed by atoms with van der Waals surface area (Å²) in [5.74, 6) is 0.659. The second-order valence-electron chi connectivity index (χ2n) is 6.95. The Balaban J connectivity index is 1.70. The van der Waals surface area contributed by atoms with Crippen LogP contribution in [0.1, 0.15) is 44.7 Å². The van der Waals surface area contributed by atoms with Gasteiger partial charge in [-0.15, -0.1) is 0 Å². The SMILES string of the molecule is CC1CN(CC(=O)NCCc2ccc(C(C)C)cc2)CC(C)O1. The van der Waals surface area contributed by atoms with E-state index in [-0.39, 0.29) is 18.1 Å². The van der Waals surface area contributed by atoms with Gasteiger partial charge in [-0.1, -0.05) is 38.1 Å². The topological polar surface area (TPSA) is 41.6 Å². The number of nitrogens with zero attached hydrogens (tertiary/aromatic N) is 1. The highest BCUT2D eigenvalue weighted by atomic mass is 16.5. The quantitative estimate of drug-likeness (QED) is 0.876. The fraction of sp³-hybridized carbons (Fsp3) is 0.632. The first kappa shape index (κ1) is 18.0. The number of carbonyl (C=O) groups is 1. The third-order valence-corrected chi connectivity index (χ3v) is 4.24. The highest BCUT2D eigenvalue weighted by Crippen LogP contribution is 2.14. The molecule has 1 heterocycles. The second-order valence-corrected chi connectivity index (χ2v) is 6.95. The van der Waals surface area contributed by atoms with Crippen LogP contribution in [-0.4, -0.2) is 49.2 Å². The summed E-state index contributed by atoms with van der Waals surface area (Å²) in [4.78, 5) is 14.2. The number of ether oxygens (including phenoxy) is 1. The summed E-state index contributed by atoms with van der Waals surface area (Å²) in [7, 11) is 0. The van der Waals surface area contributed by atoms with Gasteiger partial charge in [-0.05, 0) is 37.3 Å². The summed E-state index contributed by atoms with van der Waals surface area (Å²) in [6.45, 7) is 11.3. The van der Waals surface area contributed by atoms with E-state index in [1.807, 2.05) is 0 Å². The summed E-state index contributed by atoms with van der Waals surface area (Å²) in [6, 6.07) is 8.68. The van der Waals surface area contributed by atoms with Gasteiger partial charge in [0.2, 0.25) is 5.91 Å². The minimum Gasteiger partial charge on any atom is -0.373 e. The molecule has 1 amide bonds. The Morgan fingerprint density at radius 1 is 1.22 bits per heavy atom. The number of hydrogen-bond acceptors (Lipinski definition) is 3. The van der Waals surface area contributed by atoms with Crippen molar-refractivity contribution in [3.8, 4) is 0 Å². The van der Waals surface area contributed by atoms with E-state index >= 15 is 0 Å². The number of benzene rings is 1. The Hall–Kier alpha value is -1.39. The Kier molecular flexibility index (Phi) is 6.60. The van der Waals surface area contributed by atoms with Gasteiger partial charge in [-0.3, -0.25) is 9.69 Å². The molecule has 0 aliphatic carbocycles. The Morgan fingerprint density at radius 3 is 2.39 bits per heavy atom. The van der Waals surface area contributed by atoms with Crippen LogP contribution in [0.3, 0.4) is 0 Å². The lowest BCUT2D eigenvalue weighted by atomic mass is 10.0. The molecule has 1 fully saturated rings. The number of hydrogen-bond donors (Lipinski definition) is 1. The van der Waals surface area contributed by atoms with Crippen molar-refractivity contribution in [3.05, 3.63) is 35.4 Å². The van der Waals surface area contributed by atoms with E-state index in [0.29, 0.717) is 19.0 Å². The molecule has 0 spiro atoms. The fourth-order valence-electron chi connectivity index (χ4n) is 3.09. The normalized spacial score (nSPS) is 22.3. The molecule has 1 aromatic carbocycles. The number of morpholine rings is 1. The predicted molar refractivity (Wildman–Crippen MR) is 93.7 cm³/mol. The van der Waals surface area contributed by atoms with E-state index in [2.05, 4.69) is 62.2 Å². The molecule has 1 aromatic rings. The molecule has 0 bridgehead atoms. The van der Waals surface area contributed by atoms with Crippen LogP contribution in [0.25, 0.3) is 0 Å². The molecule has 1 saturated heterocycles. The first-order valence-electron chi connectivity index (χ1n) is 8.67. The van der Waals surface area contributed by atoms with Crippen molar-refractivity contribution >= 4 is 5.91 Å². The average molecular weight is 318 g/mol. The molecule has 128 valence electrons. The molecule has 4 heteroatoms. The molecule has 1 aliphatic rings. The molecule has 2 unspecified atom stereocenters. The summed E-state index contributed by atoms with van der Waals surface area (Å²) < 4.78 is 5.69. The summed E-state index contributed by atoms with van der Waals surface area (Å²) in [5.41, 5.74) is 2.62. The van der Waals surface area contributed by atoms with Gasteiger partial charge in [0.15, 0.2) is 0 Å². The van der Waals surface area contributed by atoms with Crippen molar-refractivity contribution in [2.24, 2.45) is 0 Å². The fourth-order valence-corrected chi connectivity index (χ4v) is 3.09. The van der Waals surface area contributed by atoms with Gasteiger partial charge in [0, 0.05) is 19.6 Å². The largest absolute Gasteiger partial charge is 0.373 e. The van der Waals surface area contributed by atoms with Crippen LogP contribution in [0.15, 0.2) is 24.3 Å². The molecule has 1 aliphatic heterocycles. The third-order valence-electron chi connectivity index (χ3n) is 4.24. The van der Waals surface area contributed by atoms with E-state index in [1.54, 1.807) is 0 Å². The summed E-state index contributed by atoms with van der Waals surface area (Å²) in [5, 5.41) is 3.02. The molecule has 0 saturated carbocycles. The smallest absolute Gasteiger partial charge is 0.234 e. The van der Waals surface area contributed by atoms with E-state index in [0.717, 1.165) is 19.5 Å². The molecule has 2 atom stereocenters. The lowest BCUT2D eigenvalue weighted by molar-refractivity contribution is -0.125. The maximum atomic E-state index is 12.1. The van der Waals surface area contributed by atoms with E-state index in [4.69, 9.17) is 4.74 Å². The van der Waals surface area contributed by atoms with E-state index < -0.39 is 0 Å². The zero-order valence-corrected chi connectivity index (χ0v) is 14.8. The Morgan fingerprint density at radius 2 is 1.83 bits per heavy atom.